The third-order valence-corrected chi connectivity index (χ3v) is 7.68. The molecule has 0 aliphatic carbocycles. The summed E-state index contributed by atoms with van der Waals surface area (Å²) < 4.78 is 50.2. The van der Waals surface area contributed by atoms with E-state index in [9.17, 15) is 21.6 Å². The van der Waals surface area contributed by atoms with Crippen molar-refractivity contribution in [3.05, 3.63) is 42.5 Å². The van der Waals surface area contributed by atoms with Gasteiger partial charge in [-0.15, -0.1) is 6.58 Å². The maximum atomic E-state index is 12.9. The summed E-state index contributed by atoms with van der Waals surface area (Å²) in [5.41, 5.74) is 0.345. The Hall–Kier alpha value is -1.71. The molecule has 7 nitrogen and oxygen atoms in total. The molecule has 1 heterocycles. The van der Waals surface area contributed by atoms with Gasteiger partial charge in [0.2, 0.25) is 10.0 Å². The molecule has 1 saturated heterocycles. The van der Waals surface area contributed by atoms with Crippen LogP contribution in [0.15, 0.2) is 41.8 Å². The van der Waals surface area contributed by atoms with Crippen LogP contribution in [-0.4, -0.2) is 58.3 Å². The van der Waals surface area contributed by atoms with Gasteiger partial charge >= 0.3 is 0 Å². The lowest BCUT2D eigenvalue weighted by atomic mass is 10.1. The lowest BCUT2D eigenvalue weighted by Gasteiger charge is -2.28. The van der Waals surface area contributed by atoms with Crippen LogP contribution in [0, 0.1) is 0 Å². The summed E-state index contributed by atoms with van der Waals surface area (Å²) in [5.74, 6) is -0.186. The number of unbranched alkanes of at least 4 members (excludes halogenated alkanes) is 1. The molecule has 2 rings (SSSR count). The first-order valence-electron chi connectivity index (χ1n) is 8.92. The van der Waals surface area contributed by atoms with Gasteiger partial charge in [0, 0.05) is 24.7 Å². The van der Waals surface area contributed by atoms with E-state index in [0.717, 1.165) is 12.8 Å². The number of rotatable bonds is 9. The van der Waals surface area contributed by atoms with Gasteiger partial charge in [-0.25, -0.2) is 21.6 Å². The predicted molar refractivity (Wildman–Crippen MR) is 105 cm³/mol. The predicted octanol–water partition coefficient (Wildman–Crippen LogP) is 1.58. The van der Waals surface area contributed by atoms with E-state index in [1.165, 1.54) is 30.3 Å². The molecule has 27 heavy (non-hydrogen) atoms. The number of hydrogen-bond acceptors (Lipinski definition) is 5. The van der Waals surface area contributed by atoms with Crippen LogP contribution >= 0.6 is 0 Å². The first-order chi connectivity index (χ1) is 12.7. The zero-order chi connectivity index (χ0) is 20.1. The largest absolute Gasteiger partial charge is 0.335 e. The summed E-state index contributed by atoms with van der Waals surface area (Å²) >= 11 is 0. The quantitative estimate of drug-likeness (QED) is 0.618. The summed E-state index contributed by atoms with van der Waals surface area (Å²) in [4.78, 5) is 14.6. The second kappa shape index (κ2) is 8.99. The van der Waals surface area contributed by atoms with Crippen molar-refractivity contribution >= 4 is 25.8 Å². The standard InChI is InChI=1S/C18H26N2O5S2/c1-3-5-12-20(16-10-13-26(22,23)14-16)18(21)15-6-8-17(9-7-15)27(24,25)19-11-4-2/h4,6-9,16,19H,2-3,5,10-14H2,1H3. The molecule has 1 unspecified atom stereocenters. The minimum absolute atomic E-state index is 0.0135. The lowest BCUT2D eigenvalue weighted by molar-refractivity contribution is 0.0694. The fourth-order valence-electron chi connectivity index (χ4n) is 2.99. The number of nitrogens with zero attached hydrogens (tertiary/aromatic N) is 1. The topological polar surface area (TPSA) is 101 Å². The van der Waals surface area contributed by atoms with Crippen LogP contribution in [0.1, 0.15) is 36.5 Å². The summed E-state index contributed by atoms with van der Waals surface area (Å²) in [6.07, 6.45) is 3.54. The molecule has 1 aromatic carbocycles. The monoisotopic (exact) mass is 414 g/mol. The molecular weight excluding hydrogens is 388 g/mol. The highest BCUT2D eigenvalue weighted by Gasteiger charge is 2.34. The summed E-state index contributed by atoms with van der Waals surface area (Å²) in [6.45, 7) is 6.07. The first-order valence-corrected chi connectivity index (χ1v) is 12.2. The van der Waals surface area contributed by atoms with Crippen LogP contribution in [0.25, 0.3) is 0 Å². The number of carbonyl (C=O) groups excluding carboxylic acids is 1. The Balaban J connectivity index is 2.21. The Morgan fingerprint density at radius 2 is 2.00 bits per heavy atom. The number of nitrogens with one attached hydrogen (secondary N) is 1. The molecule has 0 aromatic heterocycles. The number of sulfone groups is 1. The highest BCUT2D eigenvalue weighted by Crippen LogP contribution is 2.21. The Kier molecular flexibility index (Phi) is 7.19. The number of amides is 1. The Morgan fingerprint density at radius 1 is 1.33 bits per heavy atom. The van der Waals surface area contributed by atoms with Crippen LogP contribution in [0.2, 0.25) is 0 Å². The molecule has 1 aliphatic rings. The van der Waals surface area contributed by atoms with Crippen molar-refractivity contribution in [3.63, 3.8) is 0 Å². The van der Waals surface area contributed by atoms with Crippen molar-refractivity contribution in [2.24, 2.45) is 0 Å². The minimum atomic E-state index is -3.66. The molecular formula is C18H26N2O5S2. The van der Waals surface area contributed by atoms with Crippen molar-refractivity contribution in [1.29, 1.82) is 0 Å². The number of carbonyl (C=O) groups is 1. The van der Waals surface area contributed by atoms with E-state index >= 15 is 0 Å². The lowest BCUT2D eigenvalue weighted by Crippen LogP contribution is -2.41. The van der Waals surface area contributed by atoms with E-state index < -0.39 is 19.9 Å². The van der Waals surface area contributed by atoms with Gasteiger partial charge < -0.3 is 4.90 Å². The van der Waals surface area contributed by atoms with Crippen molar-refractivity contribution < 1.29 is 21.6 Å². The normalized spacial score (nSPS) is 18.9. The number of benzene rings is 1. The molecule has 1 atom stereocenters. The van der Waals surface area contributed by atoms with Crippen LogP contribution in [-0.2, 0) is 19.9 Å². The minimum Gasteiger partial charge on any atom is -0.335 e. The molecule has 150 valence electrons. The van der Waals surface area contributed by atoms with Gasteiger partial charge in [-0.2, -0.15) is 0 Å². The maximum Gasteiger partial charge on any atom is 0.254 e. The Labute approximate surface area is 161 Å². The van der Waals surface area contributed by atoms with Gasteiger partial charge in [-0.3, -0.25) is 4.79 Å². The van der Waals surface area contributed by atoms with Crippen molar-refractivity contribution in [2.75, 3.05) is 24.6 Å². The van der Waals surface area contributed by atoms with Crippen molar-refractivity contribution in [3.8, 4) is 0 Å². The van der Waals surface area contributed by atoms with Gasteiger partial charge in [0.25, 0.3) is 5.91 Å². The van der Waals surface area contributed by atoms with Gasteiger partial charge in [0.05, 0.1) is 16.4 Å². The van der Waals surface area contributed by atoms with Crippen molar-refractivity contribution in [1.82, 2.24) is 9.62 Å². The molecule has 1 amide bonds. The fraction of sp³-hybridized carbons (Fsp3) is 0.500. The van der Waals surface area contributed by atoms with Gasteiger partial charge in [-0.05, 0) is 37.1 Å². The second-order valence-corrected chi connectivity index (χ2v) is 10.6. The third-order valence-electron chi connectivity index (χ3n) is 4.49. The highest BCUT2D eigenvalue weighted by molar-refractivity contribution is 7.91. The first kappa shape index (κ1) is 21.6. The molecule has 0 bridgehead atoms. The smallest absolute Gasteiger partial charge is 0.254 e. The maximum absolute atomic E-state index is 12.9. The van der Waals surface area contributed by atoms with Crippen LogP contribution < -0.4 is 4.72 Å². The molecule has 0 radical (unpaired) electrons. The van der Waals surface area contributed by atoms with Crippen LogP contribution in [0.4, 0.5) is 0 Å². The molecule has 1 aliphatic heterocycles. The molecule has 1 aromatic rings. The summed E-state index contributed by atoms with van der Waals surface area (Å²) in [6, 6.07) is 5.36. The van der Waals surface area contributed by atoms with E-state index in [0.29, 0.717) is 18.5 Å². The van der Waals surface area contributed by atoms with E-state index in [-0.39, 0.29) is 34.9 Å². The molecule has 1 fully saturated rings. The van der Waals surface area contributed by atoms with E-state index in [4.69, 9.17) is 0 Å². The van der Waals surface area contributed by atoms with E-state index in [1.54, 1.807) is 4.90 Å². The Bertz CT molecular complexity index is 877. The van der Waals surface area contributed by atoms with Crippen molar-refractivity contribution in [2.45, 2.75) is 37.1 Å². The SMILES string of the molecule is C=CCNS(=O)(=O)c1ccc(C(=O)N(CCCC)C2CCS(=O)(=O)C2)cc1. The second-order valence-electron chi connectivity index (χ2n) is 6.57. The van der Waals surface area contributed by atoms with Gasteiger partial charge in [0.1, 0.15) is 0 Å². The number of hydrogen-bond donors (Lipinski definition) is 1. The van der Waals surface area contributed by atoms with E-state index in [2.05, 4.69) is 11.3 Å². The molecule has 0 spiro atoms. The Morgan fingerprint density at radius 3 is 2.52 bits per heavy atom. The average molecular weight is 415 g/mol. The summed E-state index contributed by atoms with van der Waals surface area (Å²) in [7, 11) is -6.76. The van der Waals surface area contributed by atoms with Crippen LogP contribution in [0.5, 0.6) is 0 Å². The molecule has 1 N–H and O–H groups in total. The summed E-state index contributed by atoms with van der Waals surface area (Å²) in [5, 5.41) is 0. The van der Waals surface area contributed by atoms with Crippen LogP contribution in [0.3, 0.4) is 0 Å². The zero-order valence-corrected chi connectivity index (χ0v) is 17.1. The fourth-order valence-corrected chi connectivity index (χ4v) is 5.72. The highest BCUT2D eigenvalue weighted by atomic mass is 32.2. The number of sulfonamides is 1. The average Bonchev–Trinajstić information content (AvgIpc) is 3.00. The zero-order valence-electron chi connectivity index (χ0n) is 15.4. The van der Waals surface area contributed by atoms with Gasteiger partial charge in [0.15, 0.2) is 9.84 Å². The third kappa shape index (κ3) is 5.63. The molecule has 9 heteroatoms. The van der Waals surface area contributed by atoms with E-state index in [1.807, 2.05) is 6.92 Å². The van der Waals surface area contributed by atoms with Gasteiger partial charge in [-0.1, -0.05) is 19.4 Å². The molecule has 0 saturated carbocycles.